The van der Waals surface area contributed by atoms with Gasteiger partial charge in [-0.3, -0.25) is 0 Å². The van der Waals surface area contributed by atoms with Crippen molar-refractivity contribution in [3.05, 3.63) is 35.5 Å². The summed E-state index contributed by atoms with van der Waals surface area (Å²) in [5.74, 6) is 6.19. The van der Waals surface area contributed by atoms with Crippen molar-refractivity contribution >= 4 is 0 Å². The van der Waals surface area contributed by atoms with Crippen LogP contribution in [0.5, 0.6) is 0 Å². The third-order valence-corrected chi connectivity index (χ3v) is 3.91. The third-order valence-electron chi connectivity index (χ3n) is 3.91. The Kier molecular flexibility index (Phi) is 7.41. The first-order valence-electron chi connectivity index (χ1n) is 7.64. The summed E-state index contributed by atoms with van der Waals surface area (Å²) in [6, 6.07) is 0. The van der Waals surface area contributed by atoms with Crippen molar-refractivity contribution in [1.29, 1.82) is 0 Å². The molecule has 0 saturated carbocycles. The first-order chi connectivity index (χ1) is 9.50. The minimum atomic E-state index is -0.576. The maximum absolute atomic E-state index is 10.2. The predicted molar refractivity (Wildman–Crippen MR) is 87.3 cm³/mol. The molecule has 0 fully saturated rings. The van der Waals surface area contributed by atoms with Crippen LogP contribution >= 0.6 is 0 Å². The Balaban J connectivity index is 2.83. The number of hydrogen-bond donors (Lipinski definition) is 1. The van der Waals surface area contributed by atoms with E-state index in [9.17, 15) is 5.11 Å². The van der Waals surface area contributed by atoms with Crippen LogP contribution in [0.1, 0.15) is 59.3 Å². The Bertz CT molecular complexity index is 442. The van der Waals surface area contributed by atoms with E-state index < -0.39 is 6.10 Å². The summed E-state index contributed by atoms with van der Waals surface area (Å²) in [7, 11) is 0. The fraction of sp³-hybridized carbons (Fsp3) is 0.579. The molecule has 1 heteroatoms. The lowest BCUT2D eigenvalue weighted by atomic mass is 9.89. The highest BCUT2D eigenvalue weighted by Gasteiger charge is 2.17. The van der Waals surface area contributed by atoms with Gasteiger partial charge in [-0.05, 0) is 52.9 Å². The number of aliphatic hydroxyl groups is 1. The molecule has 110 valence electrons. The van der Waals surface area contributed by atoms with Gasteiger partial charge in [0.25, 0.3) is 0 Å². The Hall–Kier alpha value is -1.26. The maximum atomic E-state index is 10.2. The van der Waals surface area contributed by atoms with E-state index in [0.717, 1.165) is 44.1 Å². The van der Waals surface area contributed by atoms with E-state index in [4.69, 9.17) is 0 Å². The van der Waals surface area contributed by atoms with E-state index in [0.29, 0.717) is 0 Å². The Labute approximate surface area is 124 Å². The van der Waals surface area contributed by atoms with Gasteiger partial charge in [-0.15, -0.1) is 5.92 Å². The second kappa shape index (κ2) is 8.82. The van der Waals surface area contributed by atoms with Gasteiger partial charge >= 0.3 is 0 Å². The molecular formula is C19H28O. The molecule has 1 aliphatic rings. The SMILES string of the molecule is C=C(C)C1CC/C(C)=C/CC/C(C)=C/CCC#C[C@H]1O. The lowest BCUT2D eigenvalue weighted by Gasteiger charge is -2.19. The van der Waals surface area contributed by atoms with E-state index in [1.165, 1.54) is 11.1 Å². The normalized spacial score (nSPS) is 30.8. The van der Waals surface area contributed by atoms with Crippen molar-refractivity contribution in [3.8, 4) is 11.8 Å². The Morgan fingerprint density at radius 1 is 1.20 bits per heavy atom. The highest BCUT2D eigenvalue weighted by molar-refractivity contribution is 5.15. The molecule has 0 heterocycles. The molecule has 0 spiro atoms. The molecular weight excluding hydrogens is 244 g/mol. The molecule has 0 amide bonds. The highest BCUT2D eigenvalue weighted by atomic mass is 16.3. The summed E-state index contributed by atoms with van der Waals surface area (Å²) in [4.78, 5) is 0. The van der Waals surface area contributed by atoms with Crippen LogP contribution in [0.15, 0.2) is 35.5 Å². The average molecular weight is 272 g/mol. The number of rotatable bonds is 1. The molecule has 0 radical (unpaired) electrons. The molecule has 1 aliphatic carbocycles. The molecule has 1 N–H and O–H groups in total. The van der Waals surface area contributed by atoms with Crippen LogP contribution in [0.3, 0.4) is 0 Å². The van der Waals surface area contributed by atoms with Crippen LogP contribution in [0.25, 0.3) is 0 Å². The summed E-state index contributed by atoms with van der Waals surface area (Å²) < 4.78 is 0. The van der Waals surface area contributed by atoms with Gasteiger partial charge in [-0.2, -0.15) is 0 Å². The monoisotopic (exact) mass is 272 g/mol. The third kappa shape index (κ3) is 6.26. The molecule has 0 saturated heterocycles. The van der Waals surface area contributed by atoms with Gasteiger partial charge in [0.05, 0.1) is 0 Å². The smallest absolute Gasteiger partial charge is 0.121 e. The quantitative estimate of drug-likeness (QED) is 0.537. The average Bonchev–Trinajstić information content (AvgIpc) is 2.37. The molecule has 1 nitrogen and oxygen atoms in total. The standard InChI is InChI=1S/C19H28O/c1-15(2)18-14-13-17(4)11-8-10-16(3)9-6-5-7-12-19(18)20/h9,11,18-20H,1,5-6,8,10,13-14H2,2-4H3/b16-9+,17-11+/t18?,19-/m1/s1. The predicted octanol–water partition coefficient (Wildman–Crippen LogP) is 4.79. The molecule has 0 aromatic rings. The van der Waals surface area contributed by atoms with Crippen LogP contribution in [-0.2, 0) is 0 Å². The van der Waals surface area contributed by atoms with Gasteiger partial charge in [0.15, 0.2) is 0 Å². The largest absolute Gasteiger partial charge is 0.380 e. The summed E-state index contributed by atoms with van der Waals surface area (Å²) >= 11 is 0. The molecule has 0 aliphatic heterocycles. The van der Waals surface area contributed by atoms with Crippen molar-refractivity contribution in [1.82, 2.24) is 0 Å². The highest BCUT2D eigenvalue weighted by Crippen LogP contribution is 2.22. The van der Waals surface area contributed by atoms with E-state index in [2.05, 4.69) is 44.4 Å². The van der Waals surface area contributed by atoms with E-state index in [-0.39, 0.29) is 5.92 Å². The van der Waals surface area contributed by atoms with Crippen LogP contribution in [0.2, 0.25) is 0 Å². The summed E-state index contributed by atoms with van der Waals surface area (Å²) in [6.07, 6.45) is 10.0. The zero-order valence-electron chi connectivity index (χ0n) is 13.2. The van der Waals surface area contributed by atoms with Gasteiger partial charge in [0, 0.05) is 12.3 Å². The summed E-state index contributed by atoms with van der Waals surface area (Å²) in [5.41, 5.74) is 3.87. The second-order valence-corrected chi connectivity index (χ2v) is 5.94. The number of aliphatic hydroxyl groups excluding tert-OH is 1. The van der Waals surface area contributed by atoms with Crippen LogP contribution in [0, 0.1) is 17.8 Å². The molecule has 20 heavy (non-hydrogen) atoms. The molecule has 1 rings (SSSR count). The minimum Gasteiger partial charge on any atom is -0.380 e. The first kappa shape index (κ1) is 16.8. The maximum Gasteiger partial charge on any atom is 0.121 e. The van der Waals surface area contributed by atoms with Gasteiger partial charge < -0.3 is 5.11 Å². The Morgan fingerprint density at radius 3 is 2.55 bits per heavy atom. The van der Waals surface area contributed by atoms with Crippen molar-refractivity contribution < 1.29 is 5.11 Å². The topological polar surface area (TPSA) is 20.2 Å². The summed E-state index contributed by atoms with van der Waals surface area (Å²) in [5, 5.41) is 10.2. The lowest BCUT2D eigenvalue weighted by molar-refractivity contribution is 0.175. The van der Waals surface area contributed by atoms with E-state index >= 15 is 0 Å². The minimum absolute atomic E-state index is 0.0890. The van der Waals surface area contributed by atoms with Crippen LogP contribution in [0.4, 0.5) is 0 Å². The zero-order chi connectivity index (χ0) is 15.0. The number of allylic oxidation sites excluding steroid dienone is 4. The fourth-order valence-corrected chi connectivity index (χ4v) is 2.48. The van der Waals surface area contributed by atoms with E-state index in [1.54, 1.807) is 0 Å². The molecule has 0 bridgehead atoms. The second-order valence-electron chi connectivity index (χ2n) is 5.94. The van der Waals surface area contributed by atoms with Crippen molar-refractivity contribution in [2.45, 2.75) is 65.4 Å². The molecule has 0 aromatic carbocycles. The van der Waals surface area contributed by atoms with Crippen molar-refractivity contribution in [2.75, 3.05) is 0 Å². The summed E-state index contributed by atoms with van der Waals surface area (Å²) in [6.45, 7) is 10.4. The molecule has 0 aromatic heterocycles. The van der Waals surface area contributed by atoms with Gasteiger partial charge in [0.2, 0.25) is 0 Å². The van der Waals surface area contributed by atoms with Gasteiger partial charge in [-0.1, -0.05) is 41.4 Å². The van der Waals surface area contributed by atoms with Gasteiger partial charge in [-0.25, -0.2) is 0 Å². The van der Waals surface area contributed by atoms with E-state index in [1.807, 2.05) is 6.92 Å². The fourth-order valence-electron chi connectivity index (χ4n) is 2.48. The van der Waals surface area contributed by atoms with Crippen molar-refractivity contribution in [3.63, 3.8) is 0 Å². The first-order valence-corrected chi connectivity index (χ1v) is 7.64. The zero-order valence-corrected chi connectivity index (χ0v) is 13.2. The van der Waals surface area contributed by atoms with Crippen LogP contribution < -0.4 is 0 Å². The number of hydrogen-bond acceptors (Lipinski definition) is 1. The lowest BCUT2D eigenvalue weighted by Crippen LogP contribution is -2.19. The van der Waals surface area contributed by atoms with Crippen molar-refractivity contribution in [2.24, 2.45) is 5.92 Å². The Morgan fingerprint density at radius 2 is 1.85 bits per heavy atom. The molecule has 1 unspecified atom stereocenters. The van der Waals surface area contributed by atoms with Crippen LogP contribution in [-0.4, -0.2) is 11.2 Å². The van der Waals surface area contributed by atoms with Gasteiger partial charge in [0.1, 0.15) is 6.10 Å². The molecule has 2 atom stereocenters.